The number of rotatable bonds is 6. The zero-order chi connectivity index (χ0) is 21.8. The molecule has 0 aromatic heterocycles. The number of carbonyl (C=O) groups is 3. The molecule has 3 rings (SSSR count). The highest BCUT2D eigenvalue weighted by Gasteiger charge is 2.36. The molecular weight excluding hydrogens is 404 g/mol. The zero-order valence-electron chi connectivity index (χ0n) is 16.9. The fourth-order valence-electron chi connectivity index (χ4n) is 3.01. The number of phenols is 1. The zero-order valence-corrected chi connectivity index (χ0v) is 17.7. The molecule has 7 nitrogen and oxygen atoms in total. The molecule has 1 fully saturated rings. The Kier molecular flexibility index (Phi) is 6.47. The molecular formula is C22H22N2O5S. The molecule has 1 aliphatic rings. The number of nitrogens with one attached hydrogen (secondary N) is 1. The van der Waals surface area contributed by atoms with Gasteiger partial charge in [0.15, 0.2) is 0 Å². The van der Waals surface area contributed by atoms with E-state index in [9.17, 15) is 19.5 Å². The van der Waals surface area contributed by atoms with Crippen LogP contribution in [0.3, 0.4) is 0 Å². The molecule has 8 heteroatoms. The molecule has 156 valence electrons. The van der Waals surface area contributed by atoms with Crippen molar-refractivity contribution in [3.05, 3.63) is 58.0 Å². The number of anilines is 1. The van der Waals surface area contributed by atoms with Crippen LogP contribution in [0.1, 0.15) is 23.6 Å². The molecule has 1 heterocycles. The van der Waals surface area contributed by atoms with E-state index >= 15 is 0 Å². The first-order valence-corrected chi connectivity index (χ1v) is 10.2. The summed E-state index contributed by atoms with van der Waals surface area (Å²) in [4.78, 5) is 38.4. The molecule has 1 aliphatic heterocycles. The van der Waals surface area contributed by atoms with Gasteiger partial charge in [-0.2, -0.15) is 0 Å². The Hall–Kier alpha value is -3.26. The van der Waals surface area contributed by atoms with Gasteiger partial charge in [0.05, 0.1) is 11.5 Å². The number of aryl methyl sites for hydroxylation is 2. The van der Waals surface area contributed by atoms with Gasteiger partial charge in [0.1, 0.15) is 18.0 Å². The molecule has 0 radical (unpaired) electrons. The lowest BCUT2D eigenvalue weighted by Gasteiger charge is -2.12. The van der Waals surface area contributed by atoms with Gasteiger partial charge in [-0.05, 0) is 91.7 Å². The van der Waals surface area contributed by atoms with Crippen LogP contribution in [0.15, 0.2) is 41.3 Å². The number of phenolic OH excluding ortho intramolecular Hbond substituents is 1. The Labute approximate surface area is 178 Å². The van der Waals surface area contributed by atoms with Crippen LogP contribution in [0.25, 0.3) is 6.08 Å². The second kappa shape index (κ2) is 9.04. The Morgan fingerprint density at radius 3 is 2.40 bits per heavy atom. The second-order valence-corrected chi connectivity index (χ2v) is 7.77. The molecule has 0 unspecified atom stereocenters. The fourth-order valence-corrected chi connectivity index (χ4v) is 3.84. The summed E-state index contributed by atoms with van der Waals surface area (Å²) in [7, 11) is 0. The van der Waals surface area contributed by atoms with Crippen LogP contribution in [0, 0.1) is 13.8 Å². The van der Waals surface area contributed by atoms with Crippen LogP contribution < -0.4 is 10.1 Å². The van der Waals surface area contributed by atoms with Crippen molar-refractivity contribution in [3.63, 3.8) is 0 Å². The number of benzene rings is 2. The summed E-state index contributed by atoms with van der Waals surface area (Å²) in [5.74, 6) is -0.105. The first kappa shape index (κ1) is 21.4. The molecule has 0 aliphatic carbocycles. The van der Waals surface area contributed by atoms with Gasteiger partial charge in [0.2, 0.25) is 5.91 Å². The number of aromatic hydroxyl groups is 1. The highest BCUT2D eigenvalue weighted by molar-refractivity contribution is 8.18. The molecule has 2 aromatic carbocycles. The standard InChI is InChI=1S/C22H22N2O5S/c1-4-29-17-7-5-16(6-8-17)23-19(25)12-24-21(27)18(30-22(24)28)11-15-9-13(2)20(26)14(3)10-15/h5-11,26H,4,12H2,1-3H3,(H,23,25). The van der Waals surface area contributed by atoms with Crippen molar-refractivity contribution < 1.29 is 24.2 Å². The average Bonchev–Trinajstić information content (AvgIpc) is 2.95. The van der Waals surface area contributed by atoms with Gasteiger partial charge in [-0.15, -0.1) is 0 Å². The summed E-state index contributed by atoms with van der Waals surface area (Å²) in [6, 6.07) is 10.3. The lowest BCUT2D eigenvalue weighted by molar-refractivity contribution is -0.127. The minimum atomic E-state index is -0.518. The molecule has 3 amide bonds. The average molecular weight is 426 g/mol. The third-order valence-corrected chi connectivity index (χ3v) is 5.34. The highest BCUT2D eigenvalue weighted by atomic mass is 32.2. The van der Waals surface area contributed by atoms with E-state index in [-0.39, 0.29) is 17.2 Å². The van der Waals surface area contributed by atoms with Gasteiger partial charge in [0.25, 0.3) is 11.1 Å². The Balaban J connectivity index is 1.68. The topological polar surface area (TPSA) is 95.9 Å². The Bertz CT molecular complexity index is 1010. The van der Waals surface area contributed by atoms with Crippen molar-refractivity contribution in [2.45, 2.75) is 20.8 Å². The normalized spacial score (nSPS) is 15.0. The second-order valence-electron chi connectivity index (χ2n) is 6.78. The number of nitrogens with zero attached hydrogens (tertiary/aromatic N) is 1. The summed E-state index contributed by atoms with van der Waals surface area (Å²) >= 11 is 0.788. The van der Waals surface area contributed by atoms with Gasteiger partial charge >= 0.3 is 0 Å². The van der Waals surface area contributed by atoms with Crippen molar-refractivity contribution in [2.75, 3.05) is 18.5 Å². The van der Waals surface area contributed by atoms with Crippen molar-refractivity contribution >= 4 is 40.6 Å². The maximum atomic E-state index is 12.6. The number of hydrogen-bond acceptors (Lipinski definition) is 6. The van der Waals surface area contributed by atoms with E-state index in [2.05, 4.69) is 5.32 Å². The van der Waals surface area contributed by atoms with Crippen LogP contribution in [-0.2, 0) is 9.59 Å². The third kappa shape index (κ3) is 4.83. The van der Waals surface area contributed by atoms with Crippen LogP contribution in [0.2, 0.25) is 0 Å². The smallest absolute Gasteiger partial charge is 0.294 e. The first-order chi connectivity index (χ1) is 14.3. The summed E-state index contributed by atoms with van der Waals surface area (Å²) in [6.45, 7) is 5.57. The fraction of sp³-hybridized carbons (Fsp3) is 0.227. The lowest BCUT2D eigenvalue weighted by Crippen LogP contribution is -2.36. The first-order valence-electron chi connectivity index (χ1n) is 9.36. The largest absolute Gasteiger partial charge is 0.507 e. The lowest BCUT2D eigenvalue weighted by atomic mass is 10.1. The van der Waals surface area contributed by atoms with Crippen LogP contribution in [0.4, 0.5) is 10.5 Å². The van der Waals surface area contributed by atoms with Crippen LogP contribution in [-0.4, -0.2) is 40.2 Å². The van der Waals surface area contributed by atoms with E-state index in [4.69, 9.17) is 4.74 Å². The van der Waals surface area contributed by atoms with Gasteiger partial charge in [0, 0.05) is 5.69 Å². The number of carbonyl (C=O) groups excluding carboxylic acids is 3. The van der Waals surface area contributed by atoms with E-state index in [1.807, 2.05) is 6.92 Å². The quantitative estimate of drug-likeness (QED) is 0.676. The van der Waals surface area contributed by atoms with Gasteiger partial charge < -0.3 is 15.2 Å². The van der Waals surface area contributed by atoms with E-state index in [1.54, 1.807) is 56.3 Å². The molecule has 2 N–H and O–H groups in total. The number of imide groups is 1. The summed E-state index contributed by atoms with van der Waals surface area (Å²) in [5, 5.41) is 12.1. The van der Waals surface area contributed by atoms with Gasteiger partial charge in [-0.1, -0.05) is 0 Å². The highest BCUT2D eigenvalue weighted by Crippen LogP contribution is 2.33. The molecule has 0 spiro atoms. The number of hydrogen-bond donors (Lipinski definition) is 2. The van der Waals surface area contributed by atoms with Crippen molar-refractivity contribution in [1.82, 2.24) is 4.90 Å². The number of thioether (sulfide) groups is 1. The Morgan fingerprint density at radius 2 is 1.80 bits per heavy atom. The molecule has 1 saturated heterocycles. The number of amides is 3. The summed E-state index contributed by atoms with van der Waals surface area (Å²) in [5.41, 5.74) is 2.60. The SMILES string of the molecule is CCOc1ccc(NC(=O)CN2C(=O)SC(=Cc3cc(C)c(O)c(C)c3)C2=O)cc1. The minimum Gasteiger partial charge on any atom is -0.507 e. The van der Waals surface area contributed by atoms with Crippen molar-refractivity contribution in [3.8, 4) is 11.5 Å². The van der Waals surface area contributed by atoms with E-state index in [0.29, 0.717) is 34.7 Å². The maximum Gasteiger partial charge on any atom is 0.294 e. The molecule has 2 aromatic rings. The van der Waals surface area contributed by atoms with E-state index in [0.717, 1.165) is 16.7 Å². The predicted molar refractivity (Wildman–Crippen MR) is 116 cm³/mol. The summed E-state index contributed by atoms with van der Waals surface area (Å²) in [6.07, 6.45) is 1.59. The predicted octanol–water partition coefficient (Wildman–Crippen LogP) is 4.08. The van der Waals surface area contributed by atoms with Gasteiger partial charge in [-0.25, -0.2) is 0 Å². The van der Waals surface area contributed by atoms with Crippen LogP contribution in [0.5, 0.6) is 11.5 Å². The van der Waals surface area contributed by atoms with Crippen molar-refractivity contribution in [1.29, 1.82) is 0 Å². The van der Waals surface area contributed by atoms with E-state index < -0.39 is 17.1 Å². The third-order valence-electron chi connectivity index (χ3n) is 4.44. The summed E-state index contributed by atoms with van der Waals surface area (Å²) < 4.78 is 5.35. The molecule has 0 atom stereocenters. The molecule has 0 bridgehead atoms. The molecule has 30 heavy (non-hydrogen) atoms. The van der Waals surface area contributed by atoms with Crippen LogP contribution >= 0.6 is 11.8 Å². The molecule has 0 saturated carbocycles. The van der Waals surface area contributed by atoms with Crippen molar-refractivity contribution in [2.24, 2.45) is 0 Å². The van der Waals surface area contributed by atoms with Gasteiger partial charge in [-0.3, -0.25) is 19.3 Å². The monoisotopic (exact) mass is 426 g/mol. The minimum absolute atomic E-state index is 0.200. The Morgan fingerprint density at radius 1 is 1.17 bits per heavy atom. The van der Waals surface area contributed by atoms with E-state index in [1.165, 1.54) is 0 Å². The number of ether oxygens (including phenoxy) is 1. The maximum absolute atomic E-state index is 12.6.